The predicted molar refractivity (Wildman–Crippen MR) is 84.4 cm³/mol. The first-order valence-corrected chi connectivity index (χ1v) is 7.36. The minimum atomic E-state index is 0.162. The van der Waals surface area contributed by atoms with E-state index in [2.05, 4.69) is 61.0 Å². The van der Waals surface area contributed by atoms with Gasteiger partial charge in [-0.15, -0.1) is 13.2 Å². The van der Waals surface area contributed by atoms with Crippen molar-refractivity contribution in [2.75, 3.05) is 5.32 Å². The molecule has 2 rings (SSSR count). The van der Waals surface area contributed by atoms with Crippen LogP contribution in [0, 0.1) is 5.92 Å². The van der Waals surface area contributed by atoms with Crippen LogP contribution < -0.4 is 5.32 Å². The van der Waals surface area contributed by atoms with E-state index in [1.165, 1.54) is 31.4 Å². The summed E-state index contributed by atoms with van der Waals surface area (Å²) in [5.74, 6) is 0.664. The molecule has 0 amide bonds. The molecule has 1 nitrogen and oxygen atoms in total. The molecule has 1 aliphatic rings. The monoisotopic (exact) mass is 255 g/mol. The molecule has 0 saturated heterocycles. The molecule has 0 aromatic heterocycles. The van der Waals surface area contributed by atoms with Crippen LogP contribution in [0.3, 0.4) is 0 Å². The molecule has 1 saturated carbocycles. The van der Waals surface area contributed by atoms with Crippen LogP contribution in [0.5, 0.6) is 0 Å². The molecule has 2 unspecified atom stereocenters. The van der Waals surface area contributed by atoms with Crippen LogP contribution in [0.4, 0.5) is 5.69 Å². The summed E-state index contributed by atoms with van der Waals surface area (Å²) in [5.41, 5.74) is 1.38. The number of para-hydroxylation sites is 1. The maximum absolute atomic E-state index is 3.97. The lowest BCUT2D eigenvalue weighted by atomic mass is 9.69. The third-order valence-electron chi connectivity index (χ3n) is 4.33. The molecular weight excluding hydrogens is 230 g/mol. The number of benzene rings is 1. The molecule has 1 aliphatic carbocycles. The summed E-state index contributed by atoms with van der Waals surface area (Å²) in [6.45, 7) is 7.90. The van der Waals surface area contributed by atoms with Crippen molar-refractivity contribution in [3.63, 3.8) is 0 Å². The van der Waals surface area contributed by atoms with Crippen molar-refractivity contribution in [2.45, 2.75) is 44.1 Å². The van der Waals surface area contributed by atoms with Crippen LogP contribution in [0.1, 0.15) is 38.5 Å². The van der Waals surface area contributed by atoms with Gasteiger partial charge in [-0.05, 0) is 43.7 Å². The van der Waals surface area contributed by atoms with Crippen molar-refractivity contribution >= 4 is 5.69 Å². The van der Waals surface area contributed by atoms with Gasteiger partial charge in [0.05, 0.1) is 0 Å². The highest BCUT2D eigenvalue weighted by Crippen LogP contribution is 2.41. The summed E-state index contributed by atoms with van der Waals surface area (Å²) in [6.07, 6.45) is 11.4. The molecule has 0 radical (unpaired) electrons. The fraction of sp³-hybridized carbons (Fsp3) is 0.444. The second-order valence-electron chi connectivity index (χ2n) is 5.61. The number of anilines is 1. The lowest BCUT2D eigenvalue weighted by Crippen LogP contribution is -2.47. The maximum Gasteiger partial charge on any atom is 0.0439 e. The van der Waals surface area contributed by atoms with E-state index in [1.54, 1.807) is 0 Å². The van der Waals surface area contributed by atoms with E-state index in [0.717, 1.165) is 12.8 Å². The molecule has 1 aromatic rings. The van der Waals surface area contributed by atoms with Crippen LogP contribution in [0.15, 0.2) is 55.6 Å². The highest BCUT2D eigenvalue weighted by Gasteiger charge is 2.38. The minimum absolute atomic E-state index is 0.162. The summed E-state index contributed by atoms with van der Waals surface area (Å²) < 4.78 is 0. The van der Waals surface area contributed by atoms with Gasteiger partial charge >= 0.3 is 0 Å². The number of allylic oxidation sites excluding steroid dienone is 1. The normalized spacial score (nSPS) is 26.6. The Morgan fingerprint density at radius 3 is 2.63 bits per heavy atom. The zero-order valence-corrected chi connectivity index (χ0v) is 11.8. The van der Waals surface area contributed by atoms with E-state index in [-0.39, 0.29) is 5.54 Å². The maximum atomic E-state index is 3.97. The Bertz CT molecular complexity index is 409. The Morgan fingerprint density at radius 2 is 1.95 bits per heavy atom. The Kier molecular flexibility index (Phi) is 4.84. The fourth-order valence-electron chi connectivity index (χ4n) is 3.41. The summed E-state index contributed by atoms with van der Waals surface area (Å²) in [6, 6.07) is 10.6. The Labute approximate surface area is 117 Å². The SMILES string of the molecule is C=CCC1CCCCC1(CC=C)Nc1ccccc1. The number of hydrogen-bond acceptors (Lipinski definition) is 1. The van der Waals surface area contributed by atoms with Crippen molar-refractivity contribution in [2.24, 2.45) is 5.92 Å². The predicted octanol–water partition coefficient (Wildman–Crippen LogP) is 5.18. The smallest absolute Gasteiger partial charge is 0.0439 e. The van der Waals surface area contributed by atoms with Gasteiger partial charge in [-0.1, -0.05) is 43.2 Å². The van der Waals surface area contributed by atoms with E-state index in [0.29, 0.717) is 5.92 Å². The zero-order valence-electron chi connectivity index (χ0n) is 11.8. The first kappa shape index (κ1) is 13.9. The van der Waals surface area contributed by atoms with Crippen molar-refractivity contribution in [1.29, 1.82) is 0 Å². The molecule has 2 atom stereocenters. The van der Waals surface area contributed by atoms with Gasteiger partial charge in [-0.2, -0.15) is 0 Å². The number of hydrogen-bond donors (Lipinski definition) is 1. The number of rotatable bonds is 6. The van der Waals surface area contributed by atoms with Crippen LogP contribution >= 0.6 is 0 Å². The second-order valence-corrected chi connectivity index (χ2v) is 5.61. The largest absolute Gasteiger partial charge is 0.379 e. The van der Waals surface area contributed by atoms with Crippen molar-refractivity contribution < 1.29 is 0 Å². The molecule has 1 fully saturated rings. The van der Waals surface area contributed by atoms with Gasteiger partial charge in [0.15, 0.2) is 0 Å². The molecule has 102 valence electrons. The Morgan fingerprint density at radius 1 is 1.16 bits per heavy atom. The van der Waals surface area contributed by atoms with Crippen LogP contribution in [-0.2, 0) is 0 Å². The lowest BCUT2D eigenvalue weighted by Gasteiger charge is -2.45. The van der Waals surface area contributed by atoms with Crippen LogP contribution in [0.2, 0.25) is 0 Å². The zero-order chi connectivity index (χ0) is 13.6. The van der Waals surface area contributed by atoms with E-state index in [9.17, 15) is 0 Å². The van der Waals surface area contributed by atoms with Gasteiger partial charge in [0, 0.05) is 11.2 Å². The first-order chi connectivity index (χ1) is 9.30. The fourth-order valence-corrected chi connectivity index (χ4v) is 3.41. The second kappa shape index (κ2) is 6.60. The standard InChI is InChI=1S/C18H25N/c1-3-10-16-11-8-9-15-18(16,14-4-2)19-17-12-6-5-7-13-17/h3-7,12-13,16,19H,1-2,8-11,14-15H2. The van der Waals surface area contributed by atoms with Crippen molar-refractivity contribution in [1.82, 2.24) is 0 Å². The quantitative estimate of drug-likeness (QED) is 0.691. The van der Waals surface area contributed by atoms with Gasteiger partial charge in [0.1, 0.15) is 0 Å². The lowest BCUT2D eigenvalue weighted by molar-refractivity contribution is 0.214. The van der Waals surface area contributed by atoms with Crippen molar-refractivity contribution in [3.05, 3.63) is 55.6 Å². The van der Waals surface area contributed by atoms with Gasteiger partial charge in [0.2, 0.25) is 0 Å². The molecule has 19 heavy (non-hydrogen) atoms. The van der Waals surface area contributed by atoms with E-state index in [4.69, 9.17) is 0 Å². The van der Waals surface area contributed by atoms with E-state index >= 15 is 0 Å². The third kappa shape index (κ3) is 3.28. The molecule has 0 spiro atoms. The summed E-state index contributed by atoms with van der Waals surface area (Å²) in [7, 11) is 0. The molecule has 1 N–H and O–H groups in total. The van der Waals surface area contributed by atoms with E-state index < -0.39 is 0 Å². The summed E-state index contributed by atoms with van der Waals surface area (Å²) >= 11 is 0. The molecule has 0 heterocycles. The average Bonchev–Trinajstić information content (AvgIpc) is 2.43. The van der Waals surface area contributed by atoms with Gasteiger partial charge < -0.3 is 5.32 Å². The highest BCUT2D eigenvalue weighted by molar-refractivity contribution is 5.46. The summed E-state index contributed by atoms with van der Waals surface area (Å²) in [5, 5.41) is 3.81. The Balaban J connectivity index is 2.23. The van der Waals surface area contributed by atoms with Gasteiger partial charge in [-0.25, -0.2) is 0 Å². The Hall–Kier alpha value is -1.50. The first-order valence-electron chi connectivity index (χ1n) is 7.36. The highest BCUT2D eigenvalue weighted by atomic mass is 15.0. The third-order valence-corrected chi connectivity index (χ3v) is 4.33. The molecule has 1 aromatic carbocycles. The molecule has 0 bridgehead atoms. The van der Waals surface area contributed by atoms with Crippen LogP contribution in [0.25, 0.3) is 0 Å². The molecule has 1 heteroatoms. The van der Waals surface area contributed by atoms with E-state index in [1.807, 2.05) is 0 Å². The minimum Gasteiger partial charge on any atom is -0.379 e. The van der Waals surface area contributed by atoms with Gasteiger partial charge in [0.25, 0.3) is 0 Å². The molecular formula is C18H25N. The average molecular weight is 255 g/mol. The molecule has 0 aliphatic heterocycles. The topological polar surface area (TPSA) is 12.0 Å². The van der Waals surface area contributed by atoms with Crippen molar-refractivity contribution in [3.8, 4) is 0 Å². The summed E-state index contributed by atoms with van der Waals surface area (Å²) in [4.78, 5) is 0. The van der Waals surface area contributed by atoms with Crippen LogP contribution in [-0.4, -0.2) is 5.54 Å². The number of nitrogens with one attached hydrogen (secondary N) is 1. The van der Waals surface area contributed by atoms with Gasteiger partial charge in [-0.3, -0.25) is 0 Å².